The van der Waals surface area contributed by atoms with Crippen LogP contribution in [0.5, 0.6) is 23.0 Å². The van der Waals surface area contributed by atoms with Crippen LogP contribution < -0.4 is 28.2 Å². The molecule has 0 unspecified atom stereocenters. The van der Waals surface area contributed by atoms with Crippen molar-refractivity contribution in [3.63, 3.8) is 0 Å². The molecule has 11 heteroatoms. The van der Waals surface area contributed by atoms with Crippen LogP contribution in [0.3, 0.4) is 0 Å². The molecule has 1 heterocycles. The van der Waals surface area contributed by atoms with Crippen LogP contribution in [0.2, 0.25) is 0 Å². The molecule has 208 valence electrons. The highest BCUT2D eigenvalue weighted by molar-refractivity contribution is 7.92. The summed E-state index contributed by atoms with van der Waals surface area (Å²) < 4.78 is 49.5. The van der Waals surface area contributed by atoms with Gasteiger partial charge in [0.1, 0.15) is 23.0 Å². The molecule has 0 bridgehead atoms. The number of carbonyl (C=O) groups is 1. The number of methoxy groups -OCH3 is 4. The number of benzene rings is 3. The van der Waals surface area contributed by atoms with E-state index in [9.17, 15) is 13.2 Å². The highest BCUT2D eigenvalue weighted by Crippen LogP contribution is 2.34. The molecular weight excluding hydrogens is 522 g/mol. The number of carbonyl (C=O) groups excluding carboxylic acids is 1. The highest BCUT2D eigenvalue weighted by Gasteiger charge is 2.27. The van der Waals surface area contributed by atoms with Gasteiger partial charge in [0.15, 0.2) is 0 Å². The number of anilines is 2. The maximum Gasteiger partial charge on any atom is 0.264 e. The summed E-state index contributed by atoms with van der Waals surface area (Å²) in [5, 5.41) is 0. The third-order valence-corrected chi connectivity index (χ3v) is 8.53. The van der Waals surface area contributed by atoms with Crippen LogP contribution in [0, 0.1) is 0 Å². The molecule has 1 aliphatic rings. The summed E-state index contributed by atoms with van der Waals surface area (Å²) >= 11 is 0. The van der Waals surface area contributed by atoms with Gasteiger partial charge in [0, 0.05) is 44.9 Å². The Morgan fingerprint density at radius 2 is 1.33 bits per heavy atom. The highest BCUT2D eigenvalue weighted by atomic mass is 32.2. The van der Waals surface area contributed by atoms with E-state index >= 15 is 0 Å². The maximum absolute atomic E-state index is 13.5. The van der Waals surface area contributed by atoms with Crippen molar-refractivity contribution in [2.24, 2.45) is 0 Å². The lowest BCUT2D eigenvalue weighted by molar-refractivity contribution is 0.0746. The zero-order valence-corrected chi connectivity index (χ0v) is 23.5. The van der Waals surface area contributed by atoms with Crippen molar-refractivity contribution in [3.8, 4) is 23.0 Å². The van der Waals surface area contributed by atoms with E-state index in [1.54, 1.807) is 73.7 Å². The van der Waals surface area contributed by atoms with E-state index in [0.717, 1.165) is 0 Å². The molecule has 1 fully saturated rings. The first-order valence-electron chi connectivity index (χ1n) is 12.3. The Hall–Kier alpha value is -4.12. The monoisotopic (exact) mass is 555 g/mol. The van der Waals surface area contributed by atoms with Gasteiger partial charge in [0.05, 0.1) is 44.7 Å². The molecule has 4 rings (SSSR count). The average molecular weight is 556 g/mol. The first-order valence-corrected chi connectivity index (χ1v) is 13.7. The van der Waals surface area contributed by atoms with Gasteiger partial charge in [-0.05, 0) is 54.6 Å². The van der Waals surface area contributed by atoms with Gasteiger partial charge in [0.25, 0.3) is 15.9 Å². The average Bonchev–Trinajstić information content (AvgIpc) is 2.99. The number of nitrogens with zero attached hydrogens (tertiary/aromatic N) is 3. The quantitative estimate of drug-likeness (QED) is 0.396. The van der Waals surface area contributed by atoms with Crippen molar-refractivity contribution in [3.05, 3.63) is 66.2 Å². The molecule has 0 aliphatic carbocycles. The van der Waals surface area contributed by atoms with Gasteiger partial charge in [-0.15, -0.1) is 0 Å². The second-order valence-corrected chi connectivity index (χ2v) is 10.9. The lowest BCUT2D eigenvalue weighted by atomic mass is 10.1. The number of hydrogen-bond donors (Lipinski definition) is 0. The van der Waals surface area contributed by atoms with Crippen LogP contribution in [0.25, 0.3) is 0 Å². The second kappa shape index (κ2) is 11.7. The van der Waals surface area contributed by atoms with Crippen molar-refractivity contribution < 1.29 is 32.2 Å². The summed E-state index contributed by atoms with van der Waals surface area (Å²) in [5.74, 6) is 2.14. The van der Waals surface area contributed by atoms with Crippen molar-refractivity contribution in [1.29, 1.82) is 0 Å². The predicted octanol–water partition coefficient (Wildman–Crippen LogP) is 3.51. The lowest BCUT2D eigenvalue weighted by Gasteiger charge is -2.37. The summed E-state index contributed by atoms with van der Waals surface area (Å²) in [7, 11) is 3.85. The van der Waals surface area contributed by atoms with E-state index in [0.29, 0.717) is 66.1 Å². The minimum Gasteiger partial charge on any atom is -0.497 e. The van der Waals surface area contributed by atoms with Gasteiger partial charge in [-0.2, -0.15) is 0 Å². The Morgan fingerprint density at radius 3 is 1.87 bits per heavy atom. The van der Waals surface area contributed by atoms with Gasteiger partial charge in [0.2, 0.25) is 0 Å². The Kier molecular flexibility index (Phi) is 8.39. The molecular formula is C28H33N3O7S. The van der Waals surface area contributed by atoms with E-state index in [1.165, 1.54) is 31.6 Å². The van der Waals surface area contributed by atoms with Gasteiger partial charge < -0.3 is 28.7 Å². The molecule has 1 amide bonds. The Morgan fingerprint density at radius 1 is 0.744 bits per heavy atom. The number of ether oxygens (including phenoxy) is 4. The molecule has 39 heavy (non-hydrogen) atoms. The zero-order valence-electron chi connectivity index (χ0n) is 22.7. The van der Waals surface area contributed by atoms with Crippen molar-refractivity contribution >= 4 is 27.3 Å². The normalized spacial score (nSPS) is 13.6. The minimum absolute atomic E-state index is 0.128. The number of amides is 1. The third-order valence-electron chi connectivity index (χ3n) is 6.75. The molecule has 0 N–H and O–H groups in total. The zero-order chi connectivity index (χ0) is 28.2. The first-order chi connectivity index (χ1) is 18.7. The molecule has 0 aromatic heterocycles. The summed E-state index contributed by atoms with van der Waals surface area (Å²) in [6.07, 6.45) is 0. The van der Waals surface area contributed by atoms with E-state index < -0.39 is 10.0 Å². The molecule has 0 atom stereocenters. The fourth-order valence-corrected chi connectivity index (χ4v) is 5.65. The minimum atomic E-state index is -3.85. The van der Waals surface area contributed by atoms with E-state index in [4.69, 9.17) is 18.9 Å². The topological polar surface area (TPSA) is 97.9 Å². The van der Waals surface area contributed by atoms with Crippen molar-refractivity contribution in [1.82, 2.24) is 4.90 Å². The molecule has 0 saturated carbocycles. The van der Waals surface area contributed by atoms with Crippen LogP contribution >= 0.6 is 0 Å². The fraction of sp³-hybridized carbons (Fsp3) is 0.321. The Bertz CT molecular complexity index is 1400. The summed E-state index contributed by atoms with van der Waals surface area (Å²) in [6.45, 7) is 1.90. The number of rotatable bonds is 9. The van der Waals surface area contributed by atoms with Gasteiger partial charge >= 0.3 is 0 Å². The summed E-state index contributed by atoms with van der Waals surface area (Å²) in [4.78, 5) is 17.1. The van der Waals surface area contributed by atoms with Crippen molar-refractivity contribution in [2.45, 2.75) is 4.90 Å². The van der Waals surface area contributed by atoms with Crippen LogP contribution in [0.1, 0.15) is 10.4 Å². The third kappa shape index (κ3) is 5.83. The van der Waals surface area contributed by atoms with Gasteiger partial charge in [-0.25, -0.2) is 8.42 Å². The summed E-state index contributed by atoms with van der Waals surface area (Å²) in [6, 6.07) is 16.7. The van der Waals surface area contributed by atoms with E-state index in [1.807, 2.05) is 4.90 Å². The molecule has 0 radical (unpaired) electrons. The van der Waals surface area contributed by atoms with Crippen LogP contribution in [0.15, 0.2) is 65.6 Å². The molecule has 1 aliphatic heterocycles. The van der Waals surface area contributed by atoms with Crippen LogP contribution in [-0.4, -0.2) is 80.9 Å². The molecule has 3 aromatic rings. The molecule has 3 aromatic carbocycles. The molecule has 0 spiro atoms. The number of piperazine rings is 1. The van der Waals surface area contributed by atoms with E-state index in [-0.39, 0.29) is 10.8 Å². The number of sulfonamides is 1. The molecule has 1 saturated heterocycles. The maximum atomic E-state index is 13.5. The fourth-order valence-electron chi connectivity index (χ4n) is 4.43. The lowest BCUT2D eigenvalue weighted by Crippen LogP contribution is -2.49. The summed E-state index contributed by atoms with van der Waals surface area (Å²) in [5.41, 5.74) is 1.64. The molecule has 10 nitrogen and oxygen atoms in total. The SMILES string of the molecule is COc1ccc(N(C)S(=O)(=O)c2ccc(OC)c(N3CCN(C(=O)c4cc(OC)cc(OC)c4)CC3)c2)cc1. The Labute approximate surface area is 229 Å². The predicted molar refractivity (Wildman–Crippen MR) is 149 cm³/mol. The van der Waals surface area contributed by atoms with Crippen molar-refractivity contribution in [2.75, 3.05) is 70.9 Å². The van der Waals surface area contributed by atoms with Crippen LogP contribution in [-0.2, 0) is 10.0 Å². The van der Waals surface area contributed by atoms with Gasteiger partial charge in [-0.3, -0.25) is 9.10 Å². The van der Waals surface area contributed by atoms with Gasteiger partial charge in [-0.1, -0.05) is 0 Å². The van der Waals surface area contributed by atoms with Crippen LogP contribution in [0.4, 0.5) is 11.4 Å². The largest absolute Gasteiger partial charge is 0.497 e. The Balaban J connectivity index is 1.53. The second-order valence-electron chi connectivity index (χ2n) is 8.88. The standard InChI is InChI=1S/C28H33N3O7S/c1-29(21-6-8-22(35-2)9-7-21)39(33,34)25-10-11-27(38-5)26(19-25)30-12-14-31(15-13-30)28(32)20-16-23(36-3)18-24(17-20)37-4/h6-11,16-19H,12-15H2,1-5H3. The first kappa shape index (κ1) is 27.9. The number of hydrogen-bond acceptors (Lipinski definition) is 8. The smallest absolute Gasteiger partial charge is 0.264 e. The van der Waals surface area contributed by atoms with E-state index in [2.05, 4.69) is 0 Å².